The molecular weight excluding hydrogens is 360 g/mol. The predicted molar refractivity (Wildman–Crippen MR) is 87.0 cm³/mol. The smallest absolute Gasteiger partial charge is 0.454 e. The molecule has 0 amide bonds. The molecule has 0 spiro atoms. The Bertz CT molecular complexity index is 546. The first kappa shape index (κ1) is 22.2. The normalized spacial score (nSPS) is 18.8. The zero-order valence-electron chi connectivity index (χ0n) is 14.8. The van der Waals surface area contributed by atoms with Crippen LogP contribution < -0.4 is 0 Å². The Morgan fingerprint density at radius 3 is 2.36 bits per heavy atom. The summed E-state index contributed by atoms with van der Waals surface area (Å²) in [7, 11) is -5.85. The molecule has 0 radical (unpaired) electrons. The lowest BCUT2D eigenvalue weighted by Gasteiger charge is -2.32. The van der Waals surface area contributed by atoms with Gasteiger partial charge in [-0.3, -0.25) is 9.45 Å². The monoisotopic (exact) mass is 387 g/mol. The molecule has 1 unspecified atom stereocenters. The van der Waals surface area contributed by atoms with Crippen molar-refractivity contribution in [3.8, 4) is 0 Å². The highest BCUT2D eigenvalue weighted by Gasteiger charge is 2.55. The number of ether oxygens (including phenoxy) is 2. The third kappa shape index (κ3) is 6.76. The van der Waals surface area contributed by atoms with E-state index in [0.717, 1.165) is 39.1 Å². The Labute approximate surface area is 147 Å². The van der Waals surface area contributed by atoms with Gasteiger partial charge in [-0.15, -0.1) is 0 Å². The molecule has 1 fully saturated rings. The lowest BCUT2D eigenvalue weighted by atomic mass is 9.98. The van der Waals surface area contributed by atoms with Gasteiger partial charge < -0.3 is 9.47 Å². The maximum Gasteiger partial charge on any atom is 0.465 e. The maximum atomic E-state index is 13.2. The average molecular weight is 387 g/mol. The molecule has 1 atom stereocenters. The van der Waals surface area contributed by atoms with E-state index in [1.54, 1.807) is 0 Å². The molecule has 148 valence electrons. The minimum Gasteiger partial charge on any atom is -0.454 e. The van der Waals surface area contributed by atoms with Gasteiger partial charge in [0.15, 0.2) is 0 Å². The van der Waals surface area contributed by atoms with Gasteiger partial charge in [0.2, 0.25) is 0 Å². The molecule has 10 heteroatoms. The fraction of sp³-hybridized carbons (Fsp3) is 0.933. The van der Waals surface area contributed by atoms with Crippen LogP contribution in [0.4, 0.5) is 8.78 Å². The van der Waals surface area contributed by atoms with Crippen LogP contribution >= 0.6 is 0 Å². The number of esters is 1. The zero-order chi connectivity index (χ0) is 19.3. The molecule has 0 aromatic carbocycles. The minimum absolute atomic E-state index is 0.302. The van der Waals surface area contributed by atoms with Gasteiger partial charge in [-0.1, -0.05) is 6.42 Å². The number of nitrogens with zero attached hydrogens (tertiary/aromatic N) is 1. The average Bonchev–Trinajstić information content (AvgIpc) is 2.50. The second-order valence-corrected chi connectivity index (χ2v) is 8.35. The summed E-state index contributed by atoms with van der Waals surface area (Å²) in [5.74, 6) is -2.26. The highest BCUT2D eigenvalue weighted by atomic mass is 32.2. The predicted octanol–water partition coefficient (Wildman–Crippen LogP) is 2.07. The SMILES string of the molecule is CC(CCCCC(C)(C)OC(=O)C(F)(F)S(=O)(=O)O)N1CCOCC1. The molecule has 1 saturated heterocycles. The molecule has 0 aromatic heterocycles. The lowest BCUT2D eigenvalue weighted by molar-refractivity contribution is -0.175. The Morgan fingerprint density at radius 1 is 1.28 bits per heavy atom. The van der Waals surface area contributed by atoms with Crippen molar-refractivity contribution in [3.63, 3.8) is 0 Å². The van der Waals surface area contributed by atoms with E-state index in [1.165, 1.54) is 13.8 Å². The highest BCUT2D eigenvalue weighted by Crippen LogP contribution is 2.27. The summed E-state index contributed by atoms with van der Waals surface area (Å²) in [5.41, 5.74) is -1.26. The summed E-state index contributed by atoms with van der Waals surface area (Å²) < 4.78 is 65.9. The molecule has 0 aromatic rings. The van der Waals surface area contributed by atoms with Gasteiger partial charge in [0, 0.05) is 19.1 Å². The quantitative estimate of drug-likeness (QED) is 0.368. The summed E-state index contributed by atoms with van der Waals surface area (Å²) in [6.07, 6.45) is 2.65. The van der Waals surface area contributed by atoms with E-state index in [2.05, 4.69) is 16.6 Å². The van der Waals surface area contributed by atoms with Crippen molar-refractivity contribution >= 4 is 16.1 Å². The van der Waals surface area contributed by atoms with Gasteiger partial charge in [0.25, 0.3) is 0 Å². The second-order valence-electron chi connectivity index (χ2n) is 6.88. The van der Waals surface area contributed by atoms with Crippen LogP contribution in [0.5, 0.6) is 0 Å². The summed E-state index contributed by atoms with van der Waals surface area (Å²) in [4.78, 5) is 13.7. The highest BCUT2D eigenvalue weighted by molar-refractivity contribution is 7.87. The molecule has 1 N–H and O–H groups in total. The van der Waals surface area contributed by atoms with Crippen molar-refractivity contribution < 1.29 is 36.0 Å². The van der Waals surface area contributed by atoms with E-state index in [9.17, 15) is 22.0 Å². The fourth-order valence-electron chi connectivity index (χ4n) is 2.66. The Morgan fingerprint density at radius 2 is 1.84 bits per heavy atom. The molecule has 0 saturated carbocycles. The molecule has 0 bridgehead atoms. The van der Waals surface area contributed by atoms with Crippen molar-refractivity contribution in [1.29, 1.82) is 0 Å². The van der Waals surface area contributed by atoms with Gasteiger partial charge in [0.05, 0.1) is 13.2 Å². The van der Waals surface area contributed by atoms with Crippen molar-refractivity contribution in [2.24, 2.45) is 0 Å². The number of hydrogen-bond acceptors (Lipinski definition) is 6. The Kier molecular flexibility index (Phi) is 7.72. The number of morpholine rings is 1. The first-order chi connectivity index (χ1) is 11.4. The Hall–Kier alpha value is -0.840. The second kappa shape index (κ2) is 8.70. The van der Waals surface area contributed by atoms with Crippen molar-refractivity contribution in [1.82, 2.24) is 4.90 Å². The largest absolute Gasteiger partial charge is 0.465 e. The molecule has 1 aliphatic rings. The number of carbonyl (C=O) groups excluding carboxylic acids is 1. The first-order valence-electron chi connectivity index (χ1n) is 8.27. The molecule has 1 heterocycles. The van der Waals surface area contributed by atoms with Crippen molar-refractivity contribution in [2.45, 2.75) is 63.4 Å². The van der Waals surface area contributed by atoms with Gasteiger partial charge in [-0.25, -0.2) is 4.79 Å². The van der Waals surface area contributed by atoms with E-state index < -0.39 is 26.9 Å². The third-order valence-electron chi connectivity index (χ3n) is 4.25. The summed E-state index contributed by atoms with van der Waals surface area (Å²) >= 11 is 0. The van der Waals surface area contributed by atoms with Gasteiger partial charge in [-0.05, 0) is 40.0 Å². The standard InChI is InChI=1S/C15H27F2NO6S/c1-12(18-8-10-23-11-9-18)6-4-5-7-14(2,3)24-13(19)15(16,17)25(20,21)22/h12H,4-11H2,1-3H3,(H,20,21,22). The van der Waals surface area contributed by atoms with Crippen LogP contribution in [0.15, 0.2) is 0 Å². The zero-order valence-corrected chi connectivity index (χ0v) is 15.7. The van der Waals surface area contributed by atoms with Crippen LogP contribution in [0.2, 0.25) is 0 Å². The van der Waals surface area contributed by atoms with Crippen LogP contribution in [0.25, 0.3) is 0 Å². The number of unbranched alkanes of at least 4 members (excludes halogenated alkanes) is 1. The van der Waals surface area contributed by atoms with Crippen molar-refractivity contribution in [3.05, 3.63) is 0 Å². The number of hydrogen-bond donors (Lipinski definition) is 1. The summed E-state index contributed by atoms with van der Waals surface area (Å²) in [6.45, 7) is 8.17. The van der Waals surface area contributed by atoms with Gasteiger partial charge >= 0.3 is 21.3 Å². The van der Waals surface area contributed by atoms with Gasteiger partial charge in [0.1, 0.15) is 5.60 Å². The third-order valence-corrected chi connectivity index (χ3v) is 5.06. The molecule has 1 rings (SSSR count). The summed E-state index contributed by atoms with van der Waals surface area (Å²) in [6, 6.07) is 0.374. The van der Waals surface area contributed by atoms with Crippen LogP contribution in [-0.2, 0) is 24.4 Å². The van der Waals surface area contributed by atoms with E-state index in [-0.39, 0.29) is 0 Å². The maximum absolute atomic E-state index is 13.2. The van der Waals surface area contributed by atoms with Crippen LogP contribution in [0, 0.1) is 0 Å². The summed E-state index contributed by atoms with van der Waals surface area (Å²) in [5, 5.41) is -4.96. The van der Waals surface area contributed by atoms with Crippen LogP contribution in [0.3, 0.4) is 0 Å². The van der Waals surface area contributed by atoms with Crippen LogP contribution in [-0.4, -0.2) is 67.0 Å². The molecule has 7 nitrogen and oxygen atoms in total. The van der Waals surface area contributed by atoms with E-state index in [1.807, 2.05) is 0 Å². The lowest BCUT2D eigenvalue weighted by Crippen LogP contribution is -2.43. The number of carbonyl (C=O) groups is 1. The topological polar surface area (TPSA) is 93.1 Å². The Balaban J connectivity index is 2.38. The first-order valence-corrected chi connectivity index (χ1v) is 9.71. The molecule has 25 heavy (non-hydrogen) atoms. The number of halogens is 2. The van der Waals surface area contributed by atoms with Crippen molar-refractivity contribution in [2.75, 3.05) is 26.3 Å². The number of rotatable bonds is 9. The van der Waals surface area contributed by atoms with E-state index in [0.29, 0.717) is 18.9 Å². The van der Waals surface area contributed by atoms with Gasteiger partial charge in [-0.2, -0.15) is 17.2 Å². The molecule has 0 aliphatic carbocycles. The molecule has 1 aliphatic heterocycles. The van der Waals surface area contributed by atoms with E-state index >= 15 is 0 Å². The molecular formula is C15H27F2NO6S. The minimum atomic E-state index is -5.85. The fourth-order valence-corrected chi connectivity index (χ4v) is 2.91. The van der Waals surface area contributed by atoms with E-state index in [4.69, 9.17) is 9.29 Å². The van der Waals surface area contributed by atoms with Crippen LogP contribution in [0.1, 0.15) is 46.5 Å². The number of alkyl halides is 2.